The molecule has 4 amide bonds. The zero-order valence-corrected chi connectivity index (χ0v) is 20.1. The first-order valence-corrected chi connectivity index (χ1v) is 11.0. The smallest absolute Gasteiger partial charge is 0.316 e. The highest BCUT2D eigenvalue weighted by Crippen LogP contribution is 2.33. The van der Waals surface area contributed by atoms with Crippen LogP contribution in [-0.2, 0) is 9.59 Å². The van der Waals surface area contributed by atoms with Crippen LogP contribution in [0.1, 0.15) is 22.5 Å². The number of nitrogens with zero attached hydrogens (tertiary/aromatic N) is 2. The standard InChI is InChI=1S/C24H18Cl3N3O3/c1-12-7-8-16(11-19(12)26)30-23(32)17(22(31)28-24(30)33)10-15-9-13(2)29(14(15)3)20-6-4-5-18(25)21(20)27/h4-11H,1-3H3,(H,28,31,33)/b17-10-. The molecule has 4 rings (SSSR count). The van der Waals surface area contributed by atoms with Crippen LogP contribution in [0, 0.1) is 20.8 Å². The lowest BCUT2D eigenvalue weighted by molar-refractivity contribution is -0.122. The lowest BCUT2D eigenvalue weighted by Gasteiger charge is -2.26. The predicted octanol–water partition coefficient (Wildman–Crippen LogP) is 6.03. The molecule has 168 valence electrons. The van der Waals surface area contributed by atoms with Crippen LogP contribution < -0.4 is 10.2 Å². The van der Waals surface area contributed by atoms with E-state index in [1.165, 1.54) is 12.1 Å². The van der Waals surface area contributed by atoms with Crippen LogP contribution in [0.25, 0.3) is 11.8 Å². The maximum Gasteiger partial charge on any atom is 0.335 e. The van der Waals surface area contributed by atoms with Gasteiger partial charge in [-0.05, 0) is 68.3 Å². The molecule has 1 aliphatic heterocycles. The topological polar surface area (TPSA) is 71.4 Å². The second kappa shape index (κ2) is 8.71. The van der Waals surface area contributed by atoms with E-state index in [0.29, 0.717) is 26.3 Å². The molecule has 1 N–H and O–H groups in total. The molecule has 1 aliphatic rings. The van der Waals surface area contributed by atoms with Gasteiger partial charge in [-0.3, -0.25) is 14.9 Å². The van der Waals surface area contributed by atoms with Crippen molar-refractivity contribution in [2.45, 2.75) is 20.8 Å². The van der Waals surface area contributed by atoms with Gasteiger partial charge in [0.05, 0.1) is 21.4 Å². The highest BCUT2D eigenvalue weighted by Gasteiger charge is 2.37. The maximum absolute atomic E-state index is 13.2. The second-order valence-electron chi connectivity index (χ2n) is 7.63. The number of carbonyl (C=O) groups excluding carboxylic acids is 3. The molecule has 3 aromatic rings. The van der Waals surface area contributed by atoms with Crippen LogP contribution in [0.3, 0.4) is 0 Å². The van der Waals surface area contributed by atoms with Gasteiger partial charge in [0.25, 0.3) is 11.8 Å². The number of imide groups is 2. The quantitative estimate of drug-likeness (QED) is 0.351. The summed E-state index contributed by atoms with van der Waals surface area (Å²) < 4.78 is 1.88. The number of aromatic nitrogens is 1. The van der Waals surface area contributed by atoms with Crippen molar-refractivity contribution in [1.82, 2.24) is 9.88 Å². The number of urea groups is 1. The molecule has 0 unspecified atom stereocenters. The van der Waals surface area contributed by atoms with E-state index in [9.17, 15) is 14.4 Å². The van der Waals surface area contributed by atoms with Gasteiger partial charge in [0.15, 0.2) is 0 Å². The van der Waals surface area contributed by atoms with Crippen molar-refractivity contribution in [3.05, 3.63) is 85.6 Å². The monoisotopic (exact) mass is 501 g/mol. The molecule has 0 bridgehead atoms. The minimum absolute atomic E-state index is 0.177. The summed E-state index contributed by atoms with van der Waals surface area (Å²) in [5, 5.41) is 3.42. The predicted molar refractivity (Wildman–Crippen MR) is 130 cm³/mol. The molecule has 1 saturated heterocycles. The largest absolute Gasteiger partial charge is 0.335 e. The fourth-order valence-electron chi connectivity index (χ4n) is 3.74. The van der Waals surface area contributed by atoms with Crippen molar-refractivity contribution in [1.29, 1.82) is 0 Å². The summed E-state index contributed by atoms with van der Waals surface area (Å²) in [5.74, 6) is -1.51. The van der Waals surface area contributed by atoms with Gasteiger partial charge < -0.3 is 4.57 Å². The average Bonchev–Trinajstić information content (AvgIpc) is 3.03. The Morgan fingerprint density at radius 2 is 1.64 bits per heavy atom. The lowest BCUT2D eigenvalue weighted by Crippen LogP contribution is -2.54. The van der Waals surface area contributed by atoms with E-state index in [2.05, 4.69) is 5.32 Å². The Balaban J connectivity index is 1.79. The molecule has 1 aromatic heterocycles. The number of rotatable bonds is 3. The summed E-state index contributed by atoms with van der Waals surface area (Å²) in [5.41, 5.74) is 3.75. The third-order valence-corrected chi connectivity index (χ3v) is 6.67. The molecule has 33 heavy (non-hydrogen) atoms. The van der Waals surface area contributed by atoms with Crippen LogP contribution >= 0.6 is 34.8 Å². The number of hydrogen-bond donors (Lipinski definition) is 1. The second-order valence-corrected chi connectivity index (χ2v) is 8.82. The lowest BCUT2D eigenvalue weighted by atomic mass is 10.1. The van der Waals surface area contributed by atoms with Crippen molar-refractivity contribution in [2.75, 3.05) is 4.90 Å². The van der Waals surface area contributed by atoms with Crippen molar-refractivity contribution < 1.29 is 14.4 Å². The van der Waals surface area contributed by atoms with E-state index in [4.69, 9.17) is 34.8 Å². The van der Waals surface area contributed by atoms with Crippen molar-refractivity contribution in [2.24, 2.45) is 0 Å². The third kappa shape index (κ3) is 4.06. The van der Waals surface area contributed by atoms with Gasteiger partial charge in [-0.15, -0.1) is 0 Å². The van der Waals surface area contributed by atoms with Crippen LogP contribution in [-0.4, -0.2) is 22.4 Å². The van der Waals surface area contributed by atoms with E-state index >= 15 is 0 Å². The highest BCUT2D eigenvalue weighted by molar-refractivity contribution is 6.43. The van der Waals surface area contributed by atoms with Crippen LogP contribution in [0.15, 0.2) is 48.0 Å². The Morgan fingerprint density at radius 1 is 0.909 bits per heavy atom. The SMILES string of the molecule is Cc1ccc(N2C(=O)NC(=O)/C(=C/c3cc(C)n(-c4cccc(Cl)c4Cl)c3C)C2=O)cc1Cl. The Morgan fingerprint density at radius 3 is 2.33 bits per heavy atom. The van der Waals surface area contributed by atoms with E-state index in [1.807, 2.05) is 30.5 Å². The summed E-state index contributed by atoms with van der Waals surface area (Å²) in [6.45, 7) is 5.52. The minimum atomic E-state index is -0.835. The summed E-state index contributed by atoms with van der Waals surface area (Å²) in [4.78, 5) is 39.1. The molecule has 0 radical (unpaired) electrons. The molecule has 6 nitrogen and oxygen atoms in total. The van der Waals surface area contributed by atoms with Crippen LogP contribution in [0.4, 0.5) is 10.5 Å². The number of amides is 4. The number of barbiturate groups is 1. The number of hydrogen-bond acceptors (Lipinski definition) is 3. The fraction of sp³-hybridized carbons (Fsp3) is 0.125. The number of benzene rings is 2. The van der Waals surface area contributed by atoms with Crippen molar-refractivity contribution in [3.8, 4) is 5.69 Å². The summed E-state index contributed by atoms with van der Waals surface area (Å²) in [6, 6.07) is 11.1. The van der Waals surface area contributed by atoms with Gasteiger partial charge in [-0.2, -0.15) is 0 Å². The molecular weight excluding hydrogens is 485 g/mol. The number of halogens is 3. The molecule has 0 spiro atoms. The van der Waals surface area contributed by atoms with Gasteiger partial charge in [0, 0.05) is 16.4 Å². The maximum atomic E-state index is 13.2. The average molecular weight is 503 g/mol. The molecule has 2 aromatic carbocycles. The van der Waals surface area contributed by atoms with E-state index in [-0.39, 0.29) is 11.3 Å². The van der Waals surface area contributed by atoms with E-state index in [1.54, 1.807) is 31.2 Å². The van der Waals surface area contributed by atoms with Gasteiger partial charge >= 0.3 is 6.03 Å². The first kappa shape index (κ1) is 23.1. The minimum Gasteiger partial charge on any atom is -0.316 e. The van der Waals surface area contributed by atoms with Crippen LogP contribution in [0.2, 0.25) is 15.1 Å². The Hall–Kier alpha value is -3.06. The van der Waals surface area contributed by atoms with E-state index in [0.717, 1.165) is 21.9 Å². The van der Waals surface area contributed by atoms with Gasteiger partial charge in [-0.1, -0.05) is 46.9 Å². The molecule has 9 heteroatoms. The highest BCUT2D eigenvalue weighted by atomic mass is 35.5. The van der Waals surface area contributed by atoms with Crippen LogP contribution in [0.5, 0.6) is 0 Å². The van der Waals surface area contributed by atoms with Gasteiger partial charge in [0.1, 0.15) is 5.57 Å². The van der Waals surface area contributed by atoms with Crippen molar-refractivity contribution >= 4 is 64.4 Å². The fourth-order valence-corrected chi connectivity index (χ4v) is 4.29. The molecule has 1 fully saturated rings. The summed E-state index contributed by atoms with van der Waals surface area (Å²) in [6.07, 6.45) is 1.46. The van der Waals surface area contributed by atoms with Crippen molar-refractivity contribution in [3.63, 3.8) is 0 Å². The van der Waals surface area contributed by atoms with Gasteiger partial charge in [0.2, 0.25) is 0 Å². The first-order valence-electron chi connectivity index (χ1n) is 9.91. The number of aryl methyl sites for hydroxylation is 2. The third-order valence-electron chi connectivity index (χ3n) is 5.46. The zero-order valence-electron chi connectivity index (χ0n) is 17.9. The summed E-state index contributed by atoms with van der Waals surface area (Å²) >= 11 is 18.8. The number of carbonyl (C=O) groups is 3. The first-order chi connectivity index (χ1) is 15.6. The molecule has 2 heterocycles. The Bertz CT molecular complexity index is 1370. The molecule has 0 saturated carbocycles. The normalized spacial score (nSPS) is 15.4. The number of nitrogens with one attached hydrogen (secondary N) is 1. The van der Waals surface area contributed by atoms with Gasteiger partial charge in [-0.25, -0.2) is 9.69 Å². The van der Waals surface area contributed by atoms with E-state index < -0.39 is 17.8 Å². The molecular formula is C24H18Cl3N3O3. The Labute approximate surface area is 205 Å². The number of anilines is 1. The molecule has 0 atom stereocenters. The Kier molecular flexibility index (Phi) is 6.10. The molecule has 0 aliphatic carbocycles. The zero-order chi connectivity index (χ0) is 24.0. The summed E-state index contributed by atoms with van der Waals surface area (Å²) in [7, 11) is 0.